The van der Waals surface area contributed by atoms with Crippen LogP contribution in [0.3, 0.4) is 0 Å². The van der Waals surface area contributed by atoms with E-state index in [1.807, 2.05) is 60.0 Å². The molecule has 0 bridgehead atoms. The zero-order valence-electron chi connectivity index (χ0n) is 18.0. The van der Waals surface area contributed by atoms with Crippen LogP contribution >= 0.6 is 23.4 Å². The van der Waals surface area contributed by atoms with Crippen LogP contribution in [0.25, 0.3) is 17.1 Å². The summed E-state index contributed by atoms with van der Waals surface area (Å²) in [7, 11) is 0. The topological polar surface area (TPSA) is 101 Å². The Hall–Kier alpha value is -3.37. The Balaban J connectivity index is 1.66. The van der Waals surface area contributed by atoms with Crippen molar-refractivity contribution in [2.45, 2.75) is 25.5 Å². The first-order chi connectivity index (χ1) is 16.0. The van der Waals surface area contributed by atoms with Gasteiger partial charge in [0.25, 0.3) is 0 Å². The molecule has 0 unspecified atom stereocenters. The predicted octanol–water partition coefficient (Wildman–Crippen LogP) is 5.19. The Morgan fingerprint density at radius 2 is 1.91 bits per heavy atom. The van der Waals surface area contributed by atoms with Crippen molar-refractivity contribution in [3.8, 4) is 22.8 Å². The van der Waals surface area contributed by atoms with Gasteiger partial charge in [0.1, 0.15) is 18.5 Å². The molecule has 170 valence electrons. The second kappa shape index (κ2) is 10.1. The molecule has 0 atom stereocenters. The number of ether oxygens (including phenoxy) is 1. The van der Waals surface area contributed by atoms with Crippen LogP contribution < -0.4 is 4.74 Å². The first kappa shape index (κ1) is 22.8. The number of benzene rings is 2. The van der Waals surface area contributed by atoms with E-state index in [0.29, 0.717) is 40.7 Å². The summed E-state index contributed by atoms with van der Waals surface area (Å²) in [5, 5.41) is 21.3. The van der Waals surface area contributed by atoms with Crippen molar-refractivity contribution in [1.29, 1.82) is 0 Å². The molecule has 4 rings (SSSR count). The van der Waals surface area contributed by atoms with Crippen LogP contribution in [0.5, 0.6) is 5.75 Å². The van der Waals surface area contributed by atoms with Crippen LogP contribution in [-0.2, 0) is 6.54 Å². The quantitative estimate of drug-likeness (QED) is 0.183. The Morgan fingerprint density at radius 3 is 2.61 bits per heavy atom. The molecule has 0 N–H and O–H groups in total. The molecular weight excluding hydrogens is 464 g/mol. The van der Waals surface area contributed by atoms with Gasteiger partial charge in [-0.2, -0.15) is 0 Å². The van der Waals surface area contributed by atoms with Gasteiger partial charge in [0.2, 0.25) is 0 Å². The van der Waals surface area contributed by atoms with Gasteiger partial charge in [0.05, 0.1) is 11.6 Å². The number of aryl methyl sites for hydroxylation is 1. The summed E-state index contributed by atoms with van der Waals surface area (Å²) in [4.78, 5) is 14.9. The smallest absolute Gasteiger partial charge is 0.342 e. The number of nitrogens with zero attached hydrogens (tertiary/aromatic N) is 6. The highest BCUT2D eigenvalue weighted by molar-refractivity contribution is 7.99. The van der Waals surface area contributed by atoms with E-state index in [1.54, 1.807) is 11.5 Å². The highest BCUT2D eigenvalue weighted by atomic mass is 35.5. The predicted molar refractivity (Wildman–Crippen MR) is 127 cm³/mol. The zero-order chi connectivity index (χ0) is 23.4. The maximum atomic E-state index is 11.3. The lowest BCUT2D eigenvalue weighted by Crippen LogP contribution is -2.07. The second-order valence-corrected chi connectivity index (χ2v) is 8.44. The molecule has 0 spiro atoms. The van der Waals surface area contributed by atoms with Gasteiger partial charge in [-0.3, -0.25) is 4.57 Å². The minimum atomic E-state index is -0.428. The van der Waals surface area contributed by atoms with E-state index in [9.17, 15) is 10.1 Å². The van der Waals surface area contributed by atoms with Crippen LogP contribution in [0.15, 0.2) is 59.9 Å². The molecule has 0 radical (unpaired) electrons. The van der Waals surface area contributed by atoms with E-state index in [1.165, 1.54) is 18.0 Å². The highest BCUT2D eigenvalue weighted by Gasteiger charge is 2.20. The van der Waals surface area contributed by atoms with Crippen LogP contribution in [-0.4, -0.2) is 41.6 Å². The van der Waals surface area contributed by atoms with E-state index in [-0.39, 0.29) is 5.82 Å². The molecule has 0 aliphatic rings. The van der Waals surface area contributed by atoms with E-state index in [2.05, 4.69) is 15.2 Å². The van der Waals surface area contributed by atoms with Gasteiger partial charge >= 0.3 is 5.82 Å². The Labute approximate surface area is 199 Å². The lowest BCUT2D eigenvalue weighted by molar-refractivity contribution is -0.392. The summed E-state index contributed by atoms with van der Waals surface area (Å²) in [5.41, 5.74) is 1.61. The standard InChI is InChI=1S/C22H21ClN6O3S/c1-3-32-17-10-8-16(9-11-17)28-21(18-6-4-5-7-19(18)23)25-26-22(28)33-13-12-27-15(2)24-14-20(27)29(30)31/h4-11,14H,3,12-13H2,1-2H3. The summed E-state index contributed by atoms with van der Waals surface area (Å²) >= 11 is 7.90. The molecule has 2 heterocycles. The van der Waals surface area contributed by atoms with Crippen LogP contribution in [0.4, 0.5) is 5.82 Å². The molecule has 11 heteroatoms. The molecule has 0 fully saturated rings. The largest absolute Gasteiger partial charge is 0.494 e. The number of rotatable bonds is 9. The Bertz CT molecular complexity index is 1270. The summed E-state index contributed by atoms with van der Waals surface area (Å²) in [6.07, 6.45) is 1.28. The van der Waals surface area contributed by atoms with E-state index in [4.69, 9.17) is 16.3 Å². The third kappa shape index (κ3) is 4.86. The second-order valence-electron chi connectivity index (χ2n) is 6.97. The Kier molecular flexibility index (Phi) is 6.95. The lowest BCUT2D eigenvalue weighted by atomic mass is 10.2. The number of aromatic nitrogens is 5. The van der Waals surface area contributed by atoms with E-state index >= 15 is 0 Å². The van der Waals surface area contributed by atoms with Gasteiger partial charge in [0.15, 0.2) is 16.8 Å². The number of hydrogen-bond donors (Lipinski definition) is 0. The van der Waals surface area contributed by atoms with Crippen LogP contribution in [0.1, 0.15) is 12.7 Å². The zero-order valence-corrected chi connectivity index (χ0v) is 19.6. The van der Waals surface area contributed by atoms with Crippen LogP contribution in [0.2, 0.25) is 5.02 Å². The average molecular weight is 485 g/mol. The van der Waals surface area contributed by atoms with Gasteiger partial charge in [-0.05, 0) is 48.2 Å². The normalized spacial score (nSPS) is 11.0. The molecule has 0 saturated heterocycles. The number of thioether (sulfide) groups is 1. The highest BCUT2D eigenvalue weighted by Crippen LogP contribution is 2.32. The minimum Gasteiger partial charge on any atom is -0.494 e. The lowest BCUT2D eigenvalue weighted by Gasteiger charge is -2.12. The summed E-state index contributed by atoms with van der Waals surface area (Å²) < 4.78 is 9.07. The number of hydrogen-bond acceptors (Lipinski definition) is 7. The van der Waals surface area contributed by atoms with Crippen molar-refractivity contribution in [1.82, 2.24) is 24.3 Å². The molecule has 33 heavy (non-hydrogen) atoms. The van der Waals surface area contributed by atoms with Gasteiger partial charge < -0.3 is 14.9 Å². The fourth-order valence-corrected chi connectivity index (χ4v) is 4.47. The maximum absolute atomic E-state index is 11.3. The molecule has 0 aliphatic carbocycles. The van der Waals surface area contributed by atoms with Gasteiger partial charge in [0, 0.05) is 23.9 Å². The molecule has 0 aliphatic heterocycles. The first-order valence-electron chi connectivity index (χ1n) is 10.2. The van der Waals surface area contributed by atoms with Crippen molar-refractivity contribution >= 4 is 29.2 Å². The summed E-state index contributed by atoms with van der Waals surface area (Å²) in [5.74, 6) is 2.48. The van der Waals surface area contributed by atoms with E-state index in [0.717, 1.165) is 17.0 Å². The van der Waals surface area contributed by atoms with Crippen molar-refractivity contribution < 1.29 is 9.66 Å². The summed E-state index contributed by atoms with van der Waals surface area (Å²) in [6, 6.07) is 15.1. The molecule has 4 aromatic rings. The van der Waals surface area contributed by atoms with Crippen LogP contribution in [0, 0.1) is 17.0 Å². The molecule has 0 saturated carbocycles. The molecule has 2 aromatic heterocycles. The number of halogens is 1. The number of imidazole rings is 1. The van der Waals surface area contributed by atoms with E-state index < -0.39 is 4.92 Å². The van der Waals surface area contributed by atoms with Crippen molar-refractivity contribution in [3.63, 3.8) is 0 Å². The van der Waals surface area contributed by atoms with Gasteiger partial charge in [-0.25, -0.2) is 9.55 Å². The fraction of sp³-hybridized carbons (Fsp3) is 0.227. The molecule has 9 nitrogen and oxygen atoms in total. The Morgan fingerprint density at radius 1 is 1.15 bits per heavy atom. The van der Waals surface area contributed by atoms with Gasteiger partial charge in [-0.1, -0.05) is 35.5 Å². The fourth-order valence-electron chi connectivity index (χ4n) is 3.38. The average Bonchev–Trinajstić information content (AvgIpc) is 3.39. The molecule has 0 amide bonds. The SMILES string of the molecule is CCOc1ccc(-n2c(SCCn3c([N+](=O)[O-])cnc3C)nnc2-c2ccccc2Cl)cc1. The third-order valence-electron chi connectivity index (χ3n) is 4.92. The van der Waals surface area contributed by atoms with Crippen molar-refractivity contribution in [2.24, 2.45) is 0 Å². The maximum Gasteiger partial charge on any atom is 0.342 e. The van der Waals surface area contributed by atoms with Crippen molar-refractivity contribution in [3.05, 3.63) is 75.7 Å². The first-order valence-corrected chi connectivity index (χ1v) is 11.6. The number of nitro groups is 1. The molecule has 2 aromatic carbocycles. The minimum absolute atomic E-state index is 0.0298. The van der Waals surface area contributed by atoms with Crippen molar-refractivity contribution in [2.75, 3.05) is 12.4 Å². The summed E-state index contributed by atoms with van der Waals surface area (Å²) in [6.45, 7) is 4.67. The third-order valence-corrected chi connectivity index (χ3v) is 6.16. The van der Waals surface area contributed by atoms with Gasteiger partial charge in [-0.15, -0.1) is 10.2 Å². The molecular formula is C22H21ClN6O3S. The monoisotopic (exact) mass is 484 g/mol.